The van der Waals surface area contributed by atoms with Crippen molar-refractivity contribution in [3.8, 4) is 22.3 Å². The van der Waals surface area contributed by atoms with Crippen molar-refractivity contribution in [3.05, 3.63) is 82.9 Å². The van der Waals surface area contributed by atoms with Gasteiger partial charge in [0.25, 0.3) is 0 Å². The molecule has 1 aliphatic rings. The topological polar surface area (TPSA) is 0 Å². The maximum absolute atomic E-state index is 15.2. The third-order valence-electron chi connectivity index (χ3n) is 8.58. The molecule has 4 rings (SSSR count). The van der Waals surface area contributed by atoms with Crippen molar-refractivity contribution in [2.75, 3.05) is 0 Å². The SMILES string of the molecule is CCCCCCc1ccc(-c2ccc(-c3ccc(C4CCC(CCCCC)CC4)c(F)c3F)cc2)c(F)c1F. The lowest BCUT2D eigenvalue weighted by molar-refractivity contribution is 0.298. The van der Waals surface area contributed by atoms with Gasteiger partial charge in [-0.15, -0.1) is 0 Å². The van der Waals surface area contributed by atoms with Gasteiger partial charge in [0.05, 0.1) is 0 Å². The van der Waals surface area contributed by atoms with Crippen LogP contribution in [0, 0.1) is 29.2 Å². The predicted octanol–water partition coefficient (Wildman–Crippen LogP) is 11.6. The van der Waals surface area contributed by atoms with Gasteiger partial charge in [0.1, 0.15) is 0 Å². The Morgan fingerprint density at radius 2 is 1.13 bits per heavy atom. The molecular weight excluding hydrogens is 496 g/mol. The summed E-state index contributed by atoms with van der Waals surface area (Å²) in [7, 11) is 0. The van der Waals surface area contributed by atoms with Crippen LogP contribution in [0.25, 0.3) is 22.3 Å². The molecule has 0 unspecified atom stereocenters. The van der Waals surface area contributed by atoms with Crippen LogP contribution in [-0.4, -0.2) is 0 Å². The number of unbranched alkanes of at least 4 members (excludes halogenated alkanes) is 5. The smallest absolute Gasteiger partial charge is 0.166 e. The summed E-state index contributed by atoms with van der Waals surface area (Å²) < 4.78 is 60.1. The number of benzene rings is 3. The van der Waals surface area contributed by atoms with Crippen LogP contribution in [0.4, 0.5) is 17.6 Å². The van der Waals surface area contributed by atoms with Crippen LogP contribution >= 0.6 is 0 Å². The van der Waals surface area contributed by atoms with Crippen molar-refractivity contribution in [2.24, 2.45) is 5.92 Å². The standard InChI is InChI=1S/C35H42F4/c1-3-5-7-9-11-28-20-21-29(33(37)32(28)36)26-16-18-27(19-17-26)31-23-22-30(34(38)35(31)39)25-14-12-24(13-15-25)10-8-6-4-2/h16-25H,3-15H2,1-2H3. The normalized spacial score (nSPS) is 17.5. The van der Waals surface area contributed by atoms with E-state index in [0.717, 1.165) is 51.4 Å². The van der Waals surface area contributed by atoms with Gasteiger partial charge in [0.15, 0.2) is 23.3 Å². The molecule has 0 radical (unpaired) electrons. The van der Waals surface area contributed by atoms with E-state index >= 15 is 8.78 Å². The van der Waals surface area contributed by atoms with Gasteiger partial charge in [-0.05, 0) is 72.6 Å². The van der Waals surface area contributed by atoms with Crippen LogP contribution in [0.3, 0.4) is 0 Å². The molecule has 4 heteroatoms. The second kappa shape index (κ2) is 14.1. The van der Waals surface area contributed by atoms with Crippen molar-refractivity contribution in [1.82, 2.24) is 0 Å². The van der Waals surface area contributed by atoms with E-state index in [1.807, 2.05) is 0 Å². The number of hydrogen-bond donors (Lipinski definition) is 0. The largest absolute Gasteiger partial charge is 0.203 e. The Bertz CT molecular complexity index is 1210. The number of aryl methyl sites for hydroxylation is 1. The number of rotatable bonds is 12. The third-order valence-corrected chi connectivity index (χ3v) is 8.58. The van der Waals surface area contributed by atoms with Crippen molar-refractivity contribution >= 4 is 0 Å². The second-order valence-corrected chi connectivity index (χ2v) is 11.3. The van der Waals surface area contributed by atoms with Gasteiger partial charge in [0.2, 0.25) is 0 Å². The summed E-state index contributed by atoms with van der Waals surface area (Å²) in [6.07, 6.45) is 13.5. The molecule has 39 heavy (non-hydrogen) atoms. The predicted molar refractivity (Wildman–Crippen MR) is 154 cm³/mol. The summed E-state index contributed by atoms with van der Waals surface area (Å²) in [5.74, 6) is -2.49. The fraction of sp³-hybridized carbons (Fsp3) is 0.486. The molecule has 0 nitrogen and oxygen atoms in total. The molecule has 0 bridgehead atoms. The molecule has 0 N–H and O–H groups in total. The fourth-order valence-electron chi connectivity index (χ4n) is 6.12. The van der Waals surface area contributed by atoms with E-state index in [9.17, 15) is 8.78 Å². The highest BCUT2D eigenvalue weighted by atomic mass is 19.2. The van der Waals surface area contributed by atoms with E-state index in [4.69, 9.17) is 0 Å². The lowest BCUT2D eigenvalue weighted by Crippen LogP contribution is -2.15. The van der Waals surface area contributed by atoms with Crippen molar-refractivity contribution in [1.29, 1.82) is 0 Å². The first-order valence-corrected chi connectivity index (χ1v) is 15.0. The molecule has 0 aliphatic heterocycles. The van der Waals surface area contributed by atoms with E-state index in [1.165, 1.54) is 25.7 Å². The molecule has 3 aromatic carbocycles. The highest BCUT2D eigenvalue weighted by Gasteiger charge is 2.26. The van der Waals surface area contributed by atoms with E-state index in [-0.39, 0.29) is 17.0 Å². The summed E-state index contributed by atoms with van der Waals surface area (Å²) in [6, 6.07) is 13.2. The van der Waals surface area contributed by atoms with Crippen LogP contribution in [-0.2, 0) is 6.42 Å². The number of halogens is 4. The minimum atomic E-state index is -0.864. The second-order valence-electron chi connectivity index (χ2n) is 11.3. The molecule has 1 fully saturated rings. The lowest BCUT2D eigenvalue weighted by atomic mass is 9.76. The molecule has 1 aliphatic carbocycles. The fourth-order valence-corrected chi connectivity index (χ4v) is 6.12. The van der Waals surface area contributed by atoms with Crippen molar-refractivity contribution in [2.45, 2.75) is 103 Å². The Morgan fingerprint density at radius 1 is 0.564 bits per heavy atom. The Balaban J connectivity index is 1.45. The quantitative estimate of drug-likeness (QED) is 0.159. The van der Waals surface area contributed by atoms with Crippen LogP contribution in [0.15, 0.2) is 48.5 Å². The Kier molecular flexibility index (Phi) is 10.6. The zero-order chi connectivity index (χ0) is 27.8. The maximum atomic E-state index is 15.2. The molecule has 0 spiro atoms. The molecule has 0 amide bonds. The Labute approximate surface area is 231 Å². The summed E-state index contributed by atoms with van der Waals surface area (Å²) in [6.45, 7) is 4.32. The Morgan fingerprint density at radius 3 is 1.74 bits per heavy atom. The summed E-state index contributed by atoms with van der Waals surface area (Å²) in [5, 5.41) is 0. The van der Waals surface area contributed by atoms with E-state index in [1.54, 1.807) is 48.5 Å². The summed E-state index contributed by atoms with van der Waals surface area (Å²) in [5.41, 5.74) is 2.24. The van der Waals surface area contributed by atoms with Crippen LogP contribution < -0.4 is 0 Å². The minimum Gasteiger partial charge on any atom is -0.203 e. The van der Waals surface area contributed by atoms with E-state index < -0.39 is 23.3 Å². The first-order valence-electron chi connectivity index (χ1n) is 15.0. The first kappa shape index (κ1) is 29.4. The van der Waals surface area contributed by atoms with Gasteiger partial charge in [0, 0.05) is 11.1 Å². The molecule has 210 valence electrons. The van der Waals surface area contributed by atoms with Gasteiger partial charge < -0.3 is 0 Å². The molecular formula is C35H42F4. The number of hydrogen-bond acceptors (Lipinski definition) is 0. The van der Waals surface area contributed by atoms with E-state index in [0.29, 0.717) is 34.6 Å². The van der Waals surface area contributed by atoms with Crippen LogP contribution in [0.2, 0.25) is 0 Å². The van der Waals surface area contributed by atoms with E-state index in [2.05, 4.69) is 13.8 Å². The molecule has 3 aromatic rings. The first-order chi connectivity index (χ1) is 18.9. The van der Waals surface area contributed by atoms with Crippen LogP contribution in [0.5, 0.6) is 0 Å². The van der Waals surface area contributed by atoms with Gasteiger partial charge in [-0.25, -0.2) is 17.6 Å². The average molecular weight is 539 g/mol. The van der Waals surface area contributed by atoms with Crippen LogP contribution in [0.1, 0.15) is 108 Å². The van der Waals surface area contributed by atoms with Gasteiger partial charge in [-0.3, -0.25) is 0 Å². The third kappa shape index (κ3) is 7.13. The minimum absolute atomic E-state index is 0.0610. The molecule has 0 heterocycles. The summed E-state index contributed by atoms with van der Waals surface area (Å²) >= 11 is 0. The monoisotopic (exact) mass is 538 g/mol. The van der Waals surface area contributed by atoms with Crippen molar-refractivity contribution in [3.63, 3.8) is 0 Å². The molecule has 0 aromatic heterocycles. The molecule has 0 atom stereocenters. The highest BCUT2D eigenvalue weighted by molar-refractivity contribution is 5.71. The average Bonchev–Trinajstić information content (AvgIpc) is 2.96. The zero-order valence-corrected chi connectivity index (χ0v) is 23.5. The zero-order valence-electron chi connectivity index (χ0n) is 23.5. The molecule has 1 saturated carbocycles. The van der Waals surface area contributed by atoms with Gasteiger partial charge >= 0.3 is 0 Å². The highest BCUT2D eigenvalue weighted by Crippen LogP contribution is 2.40. The van der Waals surface area contributed by atoms with Gasteiger partial charge in [-0.1, -0.05) is 107 Å². The van der Waals surface area contributed by atoms with Crippen molar-refractivity contribution < 1.29 is 17.6 Å². The lowest BCUT2D eigenvalue weighted by Gasteiger charge is -2.29. The summed E-state index contributed by atoms with van der Waals surface area (Å²) in [4.78, 5) is 0. The van der Waals surface area contributed by atoms with Gasteiger partial charge in [-0.2, -0.15) is 0 Å². The Hall–Kier alpha value is -2.62. The molecule has 0 saturated heterocycles. The maximum Gasteiger partial charge on any atom is 0.166 e.